The van der Waals surface area contributed by atoms with E-state index >= 15 is 0 Å². The van der Waals surface area contributed by atoms with Crippen LogP contribution < -0.4 is 0 Å². The number of aliphatic hydroxyl groups is 1. The molecule has 1 aliphatic rings. The zero-order valence-corrected chi connectivity index (χ0v) is 10.3. The van der Waals surface area contributed by atoms with Crippen LogP contribution in [-0.2, 0) is 0 Å². The molecule has 2 heterocycles. The second-order valence-electron chi connectivity index (χ2n) is 3.40. The monoisotopic (exact) mass is 259 g/mol. The maximum atomic E-state index is 9.92. The summed E-state index contributed by atoms with van der Waals surface area (Å²) in [6.45, 7) is 1.35. The maximum absolute atomic E-state index is 9.92. The van der Waals surface area contributed by atoms with E-state index < -0.39 is 6.10 Å². The van der Waals surface area contributed by atoms with Crippen LogP contribution in [-0.4, -0.2) is 39.0 Å². The van der Waals surface area contributed by atoms with E-state index in [2.05, 4.69) is 4.98 Å². The van der Waals surface area contributed by atoms with Crippen molar-refractivity contribution >= 4 is 29.3 Å². The summed E-state index contributed by atoms with van der Waals surface area (Å²) >= 11 is 1.53. The Morgan fingerprint density at radius 3 is 2.75 bits per heavy atom. The largest absolute Gasteiger partial charge is 0.387 e. The van der Waals surface area contributed by atoms with Gasteiger partial charge in [-0.3, -0.25) is 10.4 Å². The Balaban J connectivity index is 0.00000128. The molecule has 0 radical (unpaired) electrons. The molecule has 1 fully saturated rings. The molecule has 4 nitrogen and oxygen atoms in total. The van der Waals surface area contributed by atoms with Gasteiger partial charge in [-0.25, -0.2) is 0 Å². The smallest absolute Gasteiger partial charge is 0.156 e. The quantitative estimate of drug-likeness (QED) is 0.864. The van der Waals surface area contributed by atoms with E-state index in [0.29, 0.717) is 11.7 Å². The van der Waals surface area contributed by atoms with Gasteiger partial charge in [0, 0.05) is 31.2 Å². The molecule has 0 bridgehead atoms. The van der Waals surface area contributed by atoms with Gasteiger partial charge >= 0.3 is 0 Å². The van der Waals surface area contributed by atoms with Crippen LogP contribution in [0.5, 0.6) is 0 Å². The average molecular weight is 260 g/mol. The maximum Gasteiger partial charge on any atom is 0.156 e. The molecule has 0 aromatic carbocycles. The van der Waals surface area contributed by atoms with E-state index in [1.807, 2.05) is 4.90 Å². The summed E-state index contributed by atoms with van der Waals surface area (Å²) in [5.74, 6) is 0.946. The van der Waals surface area contributed by atoms with Gasteiger partial charge in [0.25, 0.3) is 0 Å². The van der Waals surface area contributed by atoms with Gasteiger partial charge in [0.2, 0.25) is 0 Å². The minimum Gasteiger partial charge on any atom is -0.387 e. The average Bonchev–Trinajstić information content (AvgIpc) is 2.66. The molecule has 1 atom stereocenters. The number of aromatic nitrogens is 1. The number of thioether (sulfide) groups is 1. The van der Waals surface area contributed by atoms with Crippen LogP contribution in [0.15, 0.2) is 24.5 Å². The highest BCUT2D eigenvalue weighted by molar-refractivity contribution is 8.14. The lowest BCUT2D eigenvalue weighted by molar-refractivity contribution is 0.148. The van der Waals surface area contributed by atoms with Crippen molar-refractivity contribution in [2.24, 2.45) is 0 Å². The number of nitrogens with zero attached hydrogens (tertiary/aromatic N) is 2. The highest BCUT2D eigenvalue weighted by Gasteiger charge is 2.20. The number of nitrogens with one attached hydrogen (secondary N) is 1. The van der Waals surface area contributed by atoms with E-state index in [-0.39, 0.29) is 12.4 Å². The molecule has 1 unspecified atom stereocenters. The van der Waals surface area contributed by atoms with Crippen molar-refractivity contribution in [3.8, 4) is 0 Å². The first-order chi connectivity index (χ1) is 7.27. The minimum absolute atomic E-state index is 0. The van der Waals surface area contributed by atoms with Crippen molar-refractivity contribution < 1.29 is 5.11 Å². The molecule has 1 aliphatic heterocycles. The van der Waals surface area contributed by atoms with Crippen LogP contribution in [0.1, 0.15) is 11.7 Å². The van der Waals surface area contributed by atoms with E-state index in [1.54, 1.807) is 24.5 Å². The van der Waals surface area contributed by atoms with E-state index in [1.165, 1.54) is 11.8 Å². The molecule has 2 rings (SSSR count). The molecule has 0 spiro atoms. The Morgan fingerprint density at radius 1 is 1.50 bits per heavy atom. The van der Waals surface area contributed by atoms with E-state index in [4.69, 9.17) is 5.41 Å². The molecule has 1 aromatic heterocycles. The van der Waals surface area contributed by atoms with Crippen molar-refractivity contribution in [2.75, 3.05) is 18.8 Å². The van der Waals surface area contributed by atoms with E-state index in [0.717, 1.165) is 17.9 Å². The number of amidine groups is 1. The highest BCUT2D eigenvalue weighted by Crippen LogP contribution is 2.20. The normalized spacial score (nSPS) is 17.1. The number of hydrogen-bond donors (Lipinski definition) is 2. The second-order valence-corrected chi connectivity index (χ2v) is 4.48. The zero-order valence-electron chi connectivity index (χ0n) is 8.67. The van der Waals surface area contributed by atoms with Crippen LogP contribution in [0, 0.1) is 5.41 Å². The number of halogens is 1. The fourth-order valence-corrected chi connectivity index (χ4v) is 2.37. The number of pyridine rings is 1. The van der Waals surface area contributed by atoms with Crippen LogP contribution in [0.4, 0.5) is 0 Å². The summed E-state index contributed by atoms with van der Waals surface area (Å²) in [5.41, 5.74) is 0.856. The Kier molecular flexibility index (Phi) is 5.05. The first-order valence-electron chi connectivity index (χ1n) is 4.81. The fourth-order valence-electron chi connectivity index (χ4n) is 1.52. The van der Waals surface area contributed by atoms with Gasteiger partial charge in [-0.1, -0.05) is 11.8 Å². The topological polar surface area (TPSA) is 60.2 Å². The van der Waals surface area contributed by atoms with Crippen LogP contribution in [0.2, 0.25) is 0 Å². The van der Waals surface area contributed by atoms with E-state index in [9.17, 15) is 5.11 Å². The Labute approximate surface area is 105 Å². The van der Waals surface area contributed by atoms with Crippen molar-refractivity contribution in [3.05, 3.63) is 30.1 Å². The first-order valence-corrected chi connectivity index (χ1v) is 5.80. The van der Waals surface area contributed by atoms with Crippen molar-refractivity contribution in [1.82, 2.24) is 9.88 Å². The fraction of sp³-hybridized carbons (Fsp3) is 0.400. The molecule has 2 N–H and O–H groups in total. The van der Waals surface area contributed by atoms with Gasteiger partial charge in [-0.15, -0.1) is 12.4 Å². The predicted octanol–water partition coefficient (Wildman–Crippen LogP) is 1.52. The minimum atomic E-state index is -0.535. The molecule has 1 aromatic rings. The van der Waals surface area contributed by atoms with Crippen molar-refractivity contribution in [1.29, 1.82) is 5.41 Å². The van der Waals surface area contributed by atoms with Gasteiger partial charge in [-0.05, 0) is 17.7 Å². The summed E-state index contributed by atoms with van der Waals surface area (Å²) in [4.78, 5) is 5.80. The zero-order chi connectivity index (χ0) is 10.7. The van der Waals surface area contributed by atoms with Crippen LogP contribution in [0.25, 0.3) is 0 Å². The lowest BCUT2D eigenvalue weighted by atomic mass is 10.1. The van der Waals surface area contributed by atoms with Gasteiger partial charge in [-0.2, -0.15) is 0 Å². The summed E-state index contributed by atoms with van der Waals surface area (Å²) in [6, 6.07) is 3.61. The Hall–Kier alpha value is -0.780. The molecule has 0 saturated carbocycles. The lowest BCUT2D eigenvalue weighted by Gasteiger charge is -2.20. The summed E-state index contributed by atoms with van der Waals surface area (Å²) in [6.07, 6.45) is 2.80. The summed E-state index contributed by atoms with van der Waals surface area (Å²) in [7, 11) is 0. The Morgan fingerprint density at radius 2 is 2.19 bits per heavy atom. The summed E-state index contributed by atoms with van der Waals surface area (Å²) in [5, 5.41) is 18.1. The second kappa shape index (κ2) is 6.08. The molecule has 0 amide bonds. The standard InChI is InChI=1S/C10H13N3OS.ClH/c11-10-13(5-6-15-10)7-9(14)8-1-3-12-4-2-8;/h1-4,9,11,14H,5-7H2;1H. The Bertz CT molecular complexity index is 349. The SMILES string of the molecule is Cl.N=C1SCCN1CC(O)c1ccncc1. The van der Waals surface area contributed by atoms with Gasteiger partial charge in [0.15, 0.2) is 5.17 Å². The predicted molar refractivity (Wildman–Crippen MR) is 68.2 cm³/mol. The molecule has 16 heavy (non-hydrogen) atoms. The van der Waals surface area contributed by atoms with Crippen molar-refractivity contribution in [2.45, 2.75) is 6.10 Å². The summed E-state index contributed by atoms with van der Waals surface area (Å²) < 4.78 is 0. The molecule has 6 heteroatoms. The molecule has 0 aliphatic carbocycles. The third-order valence-electron chi connectivity index (χ3n) is 2.37. The number of β-amino-alcohol motifs (C(OH)–C–C–N with tert-alkyl or cyclic N) is 1. The molecular weight excluding hydrogens is 246 g/mol. The highest BCUT2D eigenvalue weighted by atomic mass is 35.5. The third kappa shape index (κ3) is 3.10. The first kappa shape index (κ1) is 13.3. The van der Waals surface area contributed by atoms with Gasteiger partial charge in [0.1, 0.15) is 0 Å². The number of rotatable bonds is 3. The molecule has 1 saturated heterocycles. The lowest BCUT2D eigenvalue weighted by Crippen LogP contribution is -2.28. The number of hydrogen-bond acceptors (Lipinski definition) is 4. The van der Waals surface area contributed by atoms with Crippen molar-refractivity contribution in [3.63, 3.8) is 0 Å². The van der Waals surface area contributed by atoms with Crippen LogP contribution >= 0.6 is 24.2 Å². The molecular formula is C10H14ClN3OS. The molecule has 88 valence electrons. The third-order valence-corrected chi connectivity index (χ3v) is 3.29. The van der Waals surface area contributed by atoms with Crippen LogP contribution in [0.3, 0.4) is 0 Å². The van der Waals surface area contributed by atoms with Gasteiger partial charge in [0.05, 0.1) is 6.10 Å². The number of aliphatic hydroxyl groups excluding tert-OH is 1. The van der Waals surface area contributed by atoms with Gasteiger partial charge < -0.3 is 10.0 Å².